The molecule has 152 valence electrons. The summed E-state index contributed by atoms with van der Waals surface area (Å²) in [5.74, 6) is -0.963. The van der Waals surface area contributed by atoms with Gasteiger partial charge in [-0.15, -0.1) is 0 Å². The Labute approximate surface area is 166 Å². The Bertz CT molecular complexity index is 746. The van der Waals surface area contributed by atoms with Gasteiger partial charge in [-0.25, -0.2) is 0 Å². The minimum absolute atomic E-state index is 0.109. The third-order valence-electron chi connectivity index (χ3n) is 4.95. The first-order valence-electron chi connectivity index (χ1n) is 10.0. The molecule has 0 aliphatic heterocycles. The summed E-state index contributed by atoms with van der Waals surface area (Å²) in [5, 5.41) is 38.4. The standard InChI is InChI=1S/C23H30O5/c24-18-15-21(27)23(22(28)16-18)20(26)14-8-6-4-2-1-3-5-7-11-17-12-9-10-13-19(17)25/h9-10,12-13,15-16,24-25,27-28H,1-8,11,14H2. The molecule has 0 aliphatic carbocycles. The van der Waals surface area contributed by atoms with Crippen LogP contribution >= 0.6 is 0 Å². The number of Topliss-reactive ketones (excluding diaryl/α,β-unsaturated/α-hetero) is 1. The predicted molar refractivity (Wildman–Crippen MR) is 109 cm³/mol. The summed E-state index contributed by atoms with van der Waals surface area (Å²) in [7, 11) is 0. The fourth-order valence-corrected chi connectivity index (χ4v) is 3.39. The maximum absolute atomic E-state index is 12.1. The number of carbonyl (C=O) groups excluding carboxylic acids is 1. The fraction of sp³-hybridized carbons (Fsp3) is 0.435. The van der Waals surface area contributed by atoms with Crippen LogP contribution in [-0.2, 0) is 6.42 Å². The van der Waals surface area contributed by atoms with Gasteiger partial charge in [-0.3, -0.25) is 4.79 Å². The molecule has 5 nitrogen and oxygen atoms in total. The van der Waals surface area contributed by atoms with Crippen molar-refractivity contribution in [3.63, 3.8) is 0 Å². The molecule has 0 spiro atoms. The van der Waals surface area contributed by atoms with Crippen LogP contribution in [0, 0.1) is 0 Å². The first kappa shape index (κ1) is 21.6. The number of aromatic hydroxyl groups is 4. The first-order chi connectivity index (χ1) is 13.5. The van der Waals surface area contributed by atoms with Gasteiger partial charge in [0.1, 0.15) is 28.6 Å². The predicted octanol–water partition coefficient (Wildman–Crippen LogP) is 5.45. The molecule has 2 aromatic rings. The van der Waals surface area contributed by atoms with Crippen LogP contribution in [0.3, 0.4) is 0 Å². The van der Waals surface area contributed by atoms with E-state index in [9.17, 15) is 25.2 Å². The zero-order valence-electron chi connectivity index (χ0n) is 16.2. The second-order valence-electron chi connectivity index (χ2n) is 7.24. The average molecular weight is 386 g/mol. The van der Waals surface area contributed by atoms with E-state index < -0.39 is 0 Å². The quantitative estimate of drug-likeness (QED) is 0.287. The molecule has 2 aromatic carbocycles. The Morgan fingerprint density at radius 1 is 0.679 bits per heavy atom. The van der Waals surface area contributed by atoms with E-state index in [0.717, 1.165) is 62.6 Å². The fourth-order valence-electron chi connectivity index (χ4n) is 3.39. The summed E-state index contributed by atoms with van der Waals surface area (Å²) in [6.45, 7) is 0. The third-order valence-corrected chi connectivity index (χ3v) is 4.95. The molecule has 0 saturated heterocycles. The number of unbranched alkanes of at least 4 members (excludes halogenated alkanes) is 7. The number of para-hydroxylation sites is 1. The largest absolute Gasteiger partial charge is 0.508 e. The molecular weight excluding hydrogens is 356 g/mol. The molecule has 0 aliphatic rings. The lowest BCUT2D eigenvalue weighted by molar-refractivity contribution is 0.0973. The molecule has 4 N–H and O–H groups in total. The molecule has 0 bridgehead atoms. The van der Waals surface area contributed by atoms with Crippen molar-refractivity contribution < 1.29 is 25.2 Å². The van der Waals surface area contributed by atoms with Crippen LogP contribution in [-0.4, -0.2) is 26.2 Å². The average Bonchev–Trinajstić information content (AvgIpc) is 2.63. The number of ketones is 1. The number of carbonyl (C=O) groups is 1. The summed E-state index contributed by atoms with van der Waals surface area (Å²) in [6.07, 6.45) is 9.56. The highest BCUT2D eigenvalue weighted by Gasteiger charge is 2.17. The van der Waals surface area contributed by atoms with Gasteiger partial charge in [-0.05, 0) is 30.9 Å². The van der Waals surface area contributed by atoms with Crippen molar-refractivity contribution in [2.45, 2.75) is 64.2 Å². The van der Waals surface area contributed by atoms with Gasteiger partial charge >= 0.3 is 0 Å². The highest BCUT2D eigenvalue weighted by atomic mass is 16.3. The van der Waals surface area contributed by atoms with E-state index in [1.807, 2.05) is 18.2 Å². The number of hydrogen-bond acceptors (Lipinski definition) is 5. The maximum atomic E-state index is 12.1. The minimum atomic E-state index is -0.383. The molecule has 0 amide bonds. The topological polar surface area (TPSA) is 98.0 Å². The van der Waals surface area contributed by atoms with Crippen LogP contribution in [0.1, 0.15) is 73.7 Å². The van der Waals surface area contributed by atoms with Gasteiger partial charge in [0.15, 0.2) is 5.78 Å². The Kier molecular flexibility index (Phi) is 8.66. The summed E-state index contributed by atoms with van der Waals surface area (Å²) >= 11 is 0. The van der Waals surface area contributed by atoms with Crippen LogP contribution in [0.5, 0.6) is 23.0 Å². The SMILES string of the molecule is O=C(CCCCCCCCCCc1ccccc1O)c1c(O)cc(O)cc1O. The number of rotatable bonds is 12. The Morgan fingerprint density at radius 2 is 1.21 bits per heavy atom. The molecule has 0 radical (unpaired) electrons. The van der Waals surface area contributed by atoms with Crippen molar-refractivity contribution in [3.05, 3.63) is 47.5 Å². The molecule has 0 fully saturated rings. The maximum Gasteiger partial charge on any atom is 0.170 e. The van der Waals surface area contributed by atoms with Gasteiger partial charge in [-0.1, -0.05) is 56.7 Å². The molecule has 2 rings (SSSR count). The van der Waals surface area contributed by atoms with E-state index in [1.165, 1.54) is 6.42 Å². The third kappa shape index (κ3) is 6.80. The molecule has 0 heterocycles. The smallest absolute Gasteiger partial charge is 0.170 e. The van der Waals surface area contributed by atoms with Crippen molar-refractivity contribution >= 4 is 5.78 Å². The second kappa shape index (κ2) is 11.2. The van der Waals surface area contributed by atoms with Crippen molar-refractivity contribution in [3.8, 4) is 23.0 Å². The zero-order valence-corrected chi connectivity index (χ0v) is 16.2. The number of phenols is 4. The van der Waals surface area contributed by atoms with Gasteiger partial charge < -0.3 is 20.4 Å². The number of phenolic OH excluding ortho intramolecular Hbond substituents is 4. The molecule has 0 saturated carbocycles. The Hall–Kier alpha value is -2.69. The summed E-state index contributed by atoms with van der Waals surface area (Å²) in [4.78, 5) is 12.1. The van der Waals surface area contributed by atoms with Gasteiger partial charge in [0.05, 0.1) is 0 Å². The normalized spacial score (nSPS) is 10.9. The lowest BCUT2D eigenvalue weighted by Crippen LogP contribution is -2.00. The van der Waals surface area contributed by atoms with Gasteiger partial charge in [-0.2, -0.15) is 0 Å². The first-order valence-corrected chi connectivity index (χ1v) is 10.0. The number of aryl methyl sites for hydroxylation is 1. The van der Waals surface area contributed by atoms with Crippen molar-refractivity contribution in [1.29, 1.82) is 0 Å². The number of hydrogen-bond donors (Lipinski definition) is 4. The monoisotopic (exact) mass is 386 g/mol. The second-order valence-corrected chi connectivity index (χ2v) is 7.24. The molecule has 0 atom stereocenters. The summed E-state index contributed by atoms with van der Waals surface area (Å²) < 4.78 is 0. The lowest BCUT2D eigenvalue weighted by Gasteiger charge is -2.07. The van der Waals surface area contributed by atoms with E-state index >= 15 is 0 Å². The Balaban J connectivity index is 1.52. The van der Waals surface area contributed by atoms with E-state index in [-0.39, 0.29) is 35.0 Å². The number of benzene rings is 2. The van der Waals surface area contributed by atoms with Crippen molar-refractivity contribution in [2.75, 3.05) is 0 Å². The highest BCUT2D eigenvalue weighted by Crippen LogP contribution is 2.33. The van der Waals surface area contributed by atoms with Crippen LogP contribution in [0.4, 0.5) is 0 Å². The summed E-state index contributed by atoms with van der Waals surface area (Å²) in [5.41, 5.74) is 0.903. The van der Waals surface area contributed by atoms with Crippen molar-refractivity contribution in [1.82, 2.24) is 0 Å². The van der Waals surface area contributed by atoms with E-state index in [2.05, 4.69) is 0 Å². The minimum Gasteiger partial charge on any atom is -0.508 e. The van der Waals surface area contributed by atoms with Gasteiger partial charge in [0.2, 0.25) is 0 Å². The van der Waals surface area contributed by atoms with Gasteiger partial charge in [0.25, 0.3) is 0 Å². The zero-order chi connectivity index (χ0) is 20.4. The Morgan fingerprint density at radius 3 is 1.82 bits per heavy atom. The van der Waals surface area contributed by atoms with Crippen molar-refractivity contribution in [2.24, 2.45) is 0 Å². The molecule has 28 heavy (non-hydrogen) atoms. The van der Waals surface area contributed by atoms with Crippen LogP contribution in [0.2, 0.25) is 0 Å². The molecule has 0 unspecified atom stereocenters. The summed E-state index contributed by atoms with van der Waals surface area (Å²) in [6, 6.07) is 9.60. The lowest BCUT2D eigenvalue weighted by atomic mass is 10.0. The van der Waals surface area contributed by atoms with E-state index in [0.29, 0.717) is 12.2 Å². The van der Waals surface area contributed by atoms with Gasteiger partial charge in [0, 0.05) is 18.6 Å². The highest BCUT2D eigenvalue weighted by molar-refractivity contribution is 6.01. The molecule has 5 heteroatoms. The van der Waals surface area contributed by atoms with E-state index in [4.69, 9.17) is 0 Å². The van der Waals surface area contributed by atoms with E-state index in [1.54, 1.807) is 6.07 Å². The van der Waals surface area contributed by atoms with Crippen LogP contribution in [0.15, 0.2) is 36.4 Å². The van der Waals surface area contributed by atoms with Crippen LogP contribution in [0.25, 0.3) is 0 Å². The molecular formula is C23H30O5. The van der Waals surface area contributed by atoms with Crippen LogP contribution < -0.4 is 0 Å². The molecule has 0 aromatic heterocycles.